The first-order valence-corrected chi connectivity index (χ1v) is 5.67. The molecular formula is C11H20N4. The maximum absolute atomic E-state index is 4.22. The van der Waals surface area contributed by atoms with E-state index in [-0.39, 0.29) is 0 Å². The maximum Gasteiger partial charge on any atom is 0.0524 e. The molecule has 1 aliphatic heterocycles. The van der Waals surface area contributed by atoms with Crippen molar-refractivity contribution < 1.29 is 0 Å². The Morgan fingerprint density at radius 3 is 2.80 bits per heavy atom. The molecule has 0 amide bonds. The van der Waals surface area contributed by atoms with Crippen molar-refractivity contribution in [3.8, 4) is 0 Å². The lowest BCUT2D eigenvalue weighted by Gasteiger charge is -2.29. The van der Waals surface area contributed by atoms with Crippen LogP contribution in [-0.4, -0.2) is 47.4 Å². The number of hydrogen-bond donors (Lipinski definition) is 1. The van der Waals surface area contributed by atoms with Crippen LogP contribution >= 0.6 is 0 Å². The molecule has 0 aliphatic carbocycles. The summed E-state index contributed by atoms with van der Waals surface area (Å²) in [6, 6.07) is 0. The van der Waals surface area contributed by atoms with E-state index in [2.05, 4.69) is 28.4 Å². The summed E-state index contributed by atoms with van der Waals surface area (Å²) >= 11 is 0. The van der Waals surface area contributed by atoms with Crippen LogP contribution in [0.5, 0.6) is 0 Å². The third-order valence-corrected chi connectivity index (χ3v) is 3.04. The summed E-state index contributed by atoms with van der Waals surface area (Å²) < 4.78 is 1.88. The van der Waals surface area contributed by atoms with Crippen molar-refractivity contribution in [2.24, 2.45) is 7.05 Å². The number of aromatic nitrogens is 2. The predicted octanol–water partition coefficient (Wildman–Crippen LogP) is 0.429. The molecule has 15 heavy (non-hydrogen) atoms. The van der Waals surface area contributed by atoms with Gasteiger partial charge in [0, 0.05) is 46.0 Å². The summed E-state index contributed by atoms with van der Waals surface area (Å²) in [5.41, 5.74) is 1.34. The van der Waals surface area contributed by atoms with Crippen molar-refractivity contribution in [1.29, 1.82) is 0 Å². The summed E-state index contributed by atoms with van der Waals surface area (Å²) in [6.45, 7) is 8.02. The van der Waals surface area contributed by atoms with E-state index in [0.29, 0.717) is 5.92 Å². The van der Waals surface area contributed by atoms with E-state index in [4.69, 9.17) is 0 Å². The molecule has 1 atom stereocenters. The second-order valence-electron chi connectivity index (χ2n) is 4.40. The Balaban J connectivity index is 1.88. The SMILES string of the molecule is CC(CN1CCNCC1)c1cnn(C)c1. The maximum atomic E-state index is 4.22. The van der Waals surface area contributed by atoms with Gasteiger partial charge in [-0.2, -0.15) is 5.10 Å². The highest BCUT2D eigenvalue weighted by Crippen LogP contribution is 2.15. The fourth-order valence-corrected chi connectivity index (χ4v) is 2.08. The minimum atomic E-state index is 0.580. The molecule has 0 saturated carbocycles. The summed E-state index contributed by atoms with van der Waals surface area (Å²) in [5.74, 6) is 0.580. The molecule has 1 fully saturated rings. The minimum absolute atomic E-state index is 0.580. The van der Waals surface area contributed by atoms with Gasteiger partial charge in [0.1, 0.15) is 0 Å². The van der Waals surface area contributed by atoms with Crippen LogP contribution in [-0.2, 0) is 7.05 Å². The van der Waals surface area contributed by atoms with Crippen molar-refractivity contribution in [3.63, 3.8) is 0 Å². The summed E-state index contributed by atoms with van der Waals surface area (Å²) in [7, 11) is 1.97. The number of nitrogens with one attached hydrogen (secondary N) is 1. The number of rotatable bonds is 3. The van der Waals surface area contributed by atoms with Gasteiger partial charge in [-0.1, -0.05) is 6.92 Å². The van der Waals surface area contributed by atoms with Crippen LogP contribution in [0.4, 0.5) is 0 Å². The molecule has 0 radical (unpaired) electrons. The first-order chi connectivity index (χ1) is 7.25. The number of piperazine rings is 1. The second-order valence-corrected chi connectivity index (χ2v) is 4.40. The van der Waals surface area contributed by atoms with Crippen molar-refractivity contribution in [1.82, 2.24) is 20.0 Å². The van der Waals surface area contributed by atoms with Gasteiger partial charge in [0.15, 0.2) is 0 Å². The quantitative estimate of drug-likeness (QED) is 0.782. The molecule has 4 nitrogen and oxygen atoms in total. The van der Waals surface area contributed by atoms with Crippen LogP contribution in [0.15, 0.2) is 12.4 Å². The monoisotopic (exact) mass is 208 g/mol. The van der Waals surface area contributed by atoms with Gasteiger partial charge in [-0.25, -0.2) is 0 Å². The van der Waals surface area contributed by atoms with Crippen LogP contribution in [0, 0.1) is 0 Å². The third-order valence-electron chi connectivity index (χ3n) is 3.04. The van der Waals surface area contributed by atoms with E-state index >= 15 is 0 Å². The molecule has 1 unspecified atom stereocenters. The number of hydrogen-bond acceptors (Lipinski definition) is 3. The van der Waals surface area contributed by atoms with Crippen molar-refractivity contribution >= 4 is 0 Å². The highest BCUT2D eigenvalue weighted by Gasteiger charge is 2.14. The molecule has 84 valence electrons. The van der Waals surface area contributed by atoms with Gasteiger partial charge in [0.05, 0.1) is 6.20 Å². The Hall–Kier alpha value is -0.870. The Labute approximate surface area is 91.3 Å². The highest BCUT2D eigenvalue weighted by atomic mass is 15.2. The van der Waals surface area contributed by atoms with Crippen LogP contribution in [0.1, 0.15) is 18.4 Å². The Morgan fingerprint density at radius 2 is 2.20 bits per heavy atom. The van der Waals surface area contributed by atoms with Crippen molar-refractivity contribution in [3.05, 3.63) is 18.0 Å². The van der Waals surface area contributed by atoms with E-state index in [0.717, 1.165) is 19.6 Å². The summed E-state index contributed by atoms with van der Waals surface area (Å²) in [5, 5.41) is 7.59. The standard InChI is InChI=1S/C11H20N4/c1-10(11-7-13-14(2)9-11)8-15-5-3-12-4-6-15/h7,9-10,12H,3-6,8H2,1-2H3. The van der Waals surface area contributed by atoms with Crippen molar-refractivity contribution in [2.75, 3.05) is 32.7 Å². The molecule has 2 heterocycles. The molecule has 4 heteroatoms. The normalized spacial score (nSPS) is 20.4. The van der Waals surface area contributed by atoms with Gasteiger partial charge in [0.2, 0.25) is 0 Å². The molecule has 0 aromatic carbocycles. The average molecular weight is 208 g/mol. The predicted molar refractivity (Wildman–Crippen MR) is 60.9 cm³/mol. The first-order valence-electron chi connectivity index (χ1n) is 5.67. The third kappa shape index (κ3) is 2.79. The molecule has 1 saturated heterocycles. The van der Waals surface area contributed by atoms with E-state index in [1.165, 1.54) is 18.7 Å². The van der Waals surface area contributed by atoms with Crippen LogP contribution in [0.3, 0.4) is 0 Å². The topological polar surface area (TPSA) is 33.1 Å². The lowest BCUT2D eigenvalue weighted by Crippen LogP contribution is -2.44. The molecule has 0 spiro atoms. The minimum Gasteiger partial charge on any atom is -0.314 e. The van der Waals surface area contributed by atoms with Gasteiger partial charge >= 0.3 is 0 Å². The average Bonchev–Trinajstić information content (AvgIpc) is 2.66. The zero-order valence-corrected chi connectivity index (χ0v) is 9.61. The van der Waals surface area contributed by atoms with Gasteiger partial charge in [-0.15, -0.1) is 0 Å². The number of aryl methyl sites for hydroxylation is 1. The molecule has 1 aromatic heterocycles. The Morgan fingerprint density at radius 1 is 1.47 bits per heavy atom. The lowest BCUT2D eigenvalue weighted by molar-refractivity contribution is 0.230. The second kappa shape index (κ2) is 4.77. The van der Waals surface area contributed by atoms with E-state index in [1.54, 1.807) is 0 Å². The van der Waals surface area contributed by atoms with E-state index < -0.39 is 0 Å². The van der Waals surface area contributed by atoms with Gasteiger partial charge in [0.25, 0.3) is 0 Å². The summed E-state index contributed by atoms with van der Waals surface area (Å²) in [6.07, 6.45) is 4.10. The Bertz CT molecular complexity index is 301. The van der Waals surface area contributed by atoms with Gasteiger partial charge < -0.3 is 10.2 Å². The van der Waals surface area contributed by atoms with Gasteiger partial charge in [-0.3, -0.25) is 4.68 Å². The van der Waals surface area contributed by atoms with Crippen LogP contribution < -0.4 is 5.32 Å². The largest absolute Gasteiger partial charge is 0.314 e. The van der Waals surface area contributed by atoms with Crippen molar-refractivity contribution in [2.45, 2.75) is 12.8 Å². The van der Waals surface area contributed by atoms with Crippen LogP contribution in [0.2, 0.25) is 0 Å². The van der Waals surface area contributed by atoms with Gasteiger partial charge in [-0.05, 0) is 11.5 Å². The first kappa shape index (κ1) is 10.6. The highest BCUT2D eigenvalue weighted by molar-refractivity contribution is 5.10. The fraction of sp³-hybridized carbons (Fsp3) is 0.727. The smallest absolute Gasteiger partial charge is 0.0524 e. The molecule has 2 rings (SSSR count). The van der Waals surface area contributed by atoms with E-state index in [9.17, 15) is 0 Å². The zero-order chi connectivity index (χ0) is 10.7. The Kier molecular flexibility index (Phi) is 3.38. The molecule has 1 aromatic rings. The van der Waals surface area contributed by atoms with Crippen LogP contribution in [0.25, 0.3) is 0 Å². The fourth-order valence-electron chi connectivity index (χ4n) is 2.08. The molecule has 1 N–H and O–H groups in total. The number of nitrogens with zero attached hydrogens (tertiary/aromatic N) is 3. The van der Waals surface area contributed by atoms with E-state index in [1.807, 2.05) is 17.9 Å². The lowest BCUT2D eigenvalue weighted by atomic mass is 10.0. The molecule has 0 bridgehead atoms. The molecular weight excluding hydrogens is 188 g/mol. The summed E-state index contributed by atoms with van der Waals surface area (Å²) in [4.78, 5) is 2.52. The molecule has 1 aliphatic rings. The zero-order valence-electron chi connectivity index (χ0n) is 9.61.